The van der Waals surface area contributed by atoms with Crippen molar-refractivity contribution < 1.29 is 29.0 Å². The third kappa shape index (κ3) is 6.25. The van der Waals surface area contributed by atoms with Crippen LogP contribution in [0.25, 0.3) is 11.4 Å². The van der Waals surface area contributed by atoms with Crippen LogP contribution in [0.3, 0.4) is 0 Å². The molecule has 13 heteroatoms. The number of hydrogen-bond donors (Lipinski definition) is 3. The van der Waals surface area contributed by atoms with Crippen molar-refractivity contribution in [2.75, 3.05) is 6.54 Å². The number of nitrogens with zero attached hydrogens (tertiary/aromatic N) is 5. The first-order valence-corrected chi connectivity index (χ1v) is 14.7. The topological polar surface area (TPSA) is 169 Å². The van der Waals surface area contributed by atoms with Crippen LogP contribution >= 0.6 is 0 Å². The smallest absolute Gasteiger partial charge is 0.408 e. The van der Waals surface area contributed by atoms with Crippen LogP contribution in [0.4, 0.5) is 4.79 Å². The lowest BCUT2D eigenvalue weighted by Gasteiger charge is -2.35. The van der Waals surface area contributed by atoms with E-state index >= 15 is 0 Å². The maximum Gasteiger partial charge on any atom is 0.408 e. The minimum atomic E-state index is -1.46. The Kier molecular flexibility index (Phi) is 8.26. The Hall–Kier alpha value is -4.29. The molecule has 3 heterocycles. The lowest BCUT2D eigenvalue weighted by Crippen LogP contribution is -2.59. The molecular weight excluding hydrogens is 554 g/mol. The predicted molar refractivity (Wildman–Crippen MR) is 154 cm³/mol. The number of pyridine rings is 1. The van der Waals surface area contributed by atoms with Gasteiger partial charge in [0.05, 0.1) is 17.9 Å². The van der Waals surface area contributed by atoms with Crippen molar-refractivity contribution in [1.29, 1.82) is 0 Å². The molecule has 1 aliphatic heterocycles. The first-order valence-electron chi connectivity index (χ1n) is 14.7. The van der Waals surface area contributed by atoms with Gasteiger partial charge in [-0.2, -0.15) is 0 Å². The summed E-state index contributed by atoms with van der Waals surface area (Å²) in [6.07, 6.45) is 7.94. The molecule has 1 saturated heterocycles. The van der Waals surface area contributed by atoms with E-state index < -0.39 is 58.9 Å². The molecule has 0 spiro atoms. The maximum absolute atomic E-state index is 14.2. The molecular formula is C30H39N7O6. The largest absolute Gasteiger partial charge is 0.479 e. The Balaban J connectivity index is 1.40. The number of aromatic nitrogens is 4. The predicted octanol–water partition coefficient (Wildman–Crippen LogP) is 2.71. The fourth-order valence-electron chi connectivity index (χ4n) is 6.03. The number of aliphatic carboxylic acids is 1. The minimum Gasteiger partial charge on any atom is -0.479 e. The normalized spacial score (nSPS) is 26.0. The van der Waals surface area contributed by atoms with Crippen LogP contribution in [0, 0.1) is 11.3 Å². The van der Waals surface area contributed by atoms with E-state index in [2.05, 4.69) is 32.5 Å². The molecule has 0 radical (unpaired) electrons. The zero-order valence-electron chi connectivity index (χ0n) is 24.7. The molecule has 0 bridgehead atoms. The second-order valence-electron chi connectivity index (χ2n) is 12.8. The van der Waals surface area contributed by atoms with E-state index in [-0.39, 0.29) is 25.5 Å². The van der Waals surface area contributed by atoms with Gasteiger partial charge in [0.1, 0.15) is 29.4 Å². The Bertz CT molecular complexity index is 1380. The van der Waals surface area contributed by atoms with Crippen LogP contribution in [-0.2, 0) is 19.1 Å². The van der Waals surface area contributed by atoms with Gasteiger partial charge in [-0.15, -0.1) is 11.7 Å². The van der Waals surface area contributed by atoms with Crippen LogP contribution in [0.1, 0.15) is 65.3 Å². The number of nitrogens with one attached hydrogen (secondary N) is 2. The summed E-state index contributed by atoms with van der Waals surface area (Å²) in [7, 11) is 0. The summed E-state index contributed by atoms with van der Waals surface area (Å²) in [5.41, 5.74) is -1.03. The van der Waals surface area contributed by atoms with Crippen LogP contribution < -0.4 is 10.6 Å². The monoisotopic (exact) mass is 593 g/mol. The molecule has 2 aromatic rings. The molecule has 43 heavy (non-hydrogen) atoms. The third-order valence-corrected chi connectivity index (χ3v) is 8.65. The highest BCUT2D eigenvalue weighted by Gasteiger charge is 2.61. The molecule has 5 rings (SSSR count). The van der Waals surface area contributed by atoms with E-state index in [0.29, 0.717) is 11.4 Å². The summed E-state index contributed by atoms with van der Waals surface area (Å²) >= 11 is 0. The van der Waals surface area contributed by atoms with Gasteiger partial charge in [-0.3, -0.25) is 14.6 Å². The van der Waals surface area contributed by atoms with Gasteiger partial charge < -0.3 is 25.4 Å². The van der Waals surface area contributed by atoms with Gasteiger partial charge in [0.15, 0.2) is 0 Å². The molecule has 0 aromatic carbocycles. The molecule has 3 N–H and O–H groups in total. The molecule has 0 unspecified atom stereocenters. The van der Waals surface area contributed by atoms with Crippen LogP contribution in [-0.4, -0.2) is 84.1 Å². The van der Waals surface area contributed by atoms with Crippen molar-refractivity contribution in [2.24, 2.45) is 11.3 Å². The summed E-state index contributed by atoms with van der Waals surface area (Å²) in [5, 5.41) is 23.8. The number of ether oxygens (including phenoxy) is 1. The Morgan fingerprint density at radius 1 is 1.19 bits per heavy atom. The maximum atomic E-state index is 14.2. The van der Waals surface area contributed by atoms with Crippen molar-refractivity contribution in [3.63, 3.8) is 0 Å². The van der Waals surface area contributed by atoms with E-state index in [1.165, 1.54) is 11.0 Å². The zero-order valence-corrected chi connectivity index (χ0v) is 24.7. The number of carbonyl (C=O) groups is 4. The van der Waals surface area contributed by atoms with Gasteiger partial charge in [-0.1, -0.05) is 38.1 Å². The zero-order chi connectivity index (χ0) is 30.9. The highest BCUT2D eigenvalue weighted by atomic mass is 16.6. The summed E-state index contributed by atoms with van der Waals surface area (Å²) in [6.45, 7) is 9.25. The highest BCUT2D eigenvalue weighted by Crippen LogP contribution is 2.45. The number of carboxylic acids is 1. The average Bonchev–Trinajstić information content (AvgIpc) is 3.43. The van der Waals surface area contributed by atoms with Crippen molar-refractivity contribution in [3.05, 3.63) is 43.2 Å². The first kappa shape index (κ1) is 30.2. The van der Waals surface area contributed by atoms with Crippen molar-refractivity contribution in [3.8, 4) is 11.4 Å². The SMILES string of the molecule is C=C[C@@H]1C[C@]1(NC(=O)[C@@H]1C[C@@H](n2cc(-c3ccccn3)nn2)CN1C(=O)[C@@H](NC(=O)OC1CCCC1)C(C)(C)C)C(=O)O. The number of hydrogen-bond acceptors (Lipinski definition) is 8. The fourth-order valence-corrected chi connectivity index (χ4v) is 6.03. The molecule has 230 valence electrons. The Morgan fingerprint density at radius 2 is 1.93 bits per heavy atom. The highest BCUT2D eigenvalue weighted by molar-refractivity contribution is 5.96. The van der Waals surface area contributed by atoms with Gasteiger partial charge in [0.2, 0.25) is 11.8 Å². The van der Waals surface area contributed by atoms with Crippen LogP contribution in [0.15, 0.2) is 43.2 Å². The Morgan fingerprint density at radius 3 is 2.53 bits per heavy atom. The first-order chi connectivity index (χ1) is 20.4. The number of amides is 3. The van der Waals surface area contributed by atoms with Gasteiger partial charge in [-0.05, 0) is 49.7 Å². The van der Waals surface area contributed by atoms with Gasteiger partial charge >= 0.3 is 12.1 Å². The summed E-state index contributed by atoms with van der Waals surface area (Å²) < 4.78 is 7.18. The van der Waals surface area contributed by atoms with E-state index in [0.717, 1.165) is 25.7 Å². The molecule has 3 fully saturated rings. The van der Waals surface area contributed by atoms with Gasteiger partial charge in [0.25, 0.3) is 0 Å². The van der Waals surface area contributed by atoms with E-state index in [1.807, 2.05) is 26.8 Å². The van der Waals surface area contributed by atoms with Crippen LogP contribution in [0.5, 0.6) is 0 Å². The lowest BCUT2D eigenvalue weighted by atomic mass is 9.85. The quantitative estimate of drug-likeness (QED) is 0.370. The summed E-state index contributed by atoms with van der Waals surface area (Å²) in [4.78, 5) is 58.6. The molecule has 3 aliphatic rings. The molecule has 2 aliphatic carbocycles. The molecule has 2 saturated carbocycles. The molecule has 2 aromatic heterocycles. The van der Waals surface area contributed by atoms with Crippen molar-refractivity contribution in [2.45, 2.75) is 89.1 Å². The standard InChI is InChI=1S/C30H39N7O6/c1-5-18-15-30(18,27(40)41)33-25(38)23-14-19(37-17-22(34-35-37)21-12-8-9-13-31-21)16-36(23)26(39)24(29(2,3)4)32-28(42)43-20-10-6-7-11-20/h5,8-9,12-13,17-20,23-24H,1,6-7,10-11,14-16H2,2-4H3,(H,32,42)(H,33,38)(H,40,41)/t18-,19-,23+,24-,30-/m1/s1. The lowest BCUT2D eigenvalue weighted by molar-refractivity contribution is -0.146. The average molecular weight is 594 g/mol. The van der Waals surface area contributed by atoms with Gasteiger partial charge in [-0.25, -0.2) is 14.3 Å². The second kappa shape index (κ2) is 11.8. The number of rotatable bonds is 9. The van der Waals surface area contributed by atoms with Crippen molar-refractivity contribution >= 4 is 23.9 Å². The summed E-state index contributed by atoms with van der Waals surface area (Å²) in [6, 6.07) is 2.97. The van der Waals surface area contributed by atoms with E-state index in [1.54, 1.807) is 29.2 Å². The summed E-state index contributed by atoms with van der Waals surface area (Å²) in [5.74, 6) is -2.63. The number of alkyl carbamates (subject to hydrolysis) is 1. The number of carbonyl (C=O) groups excluding carboxylic acids is 3. The number of carboxylic acid groups (broad SMARTS) is 1. The minimum absolute atomic E-state index is 0.0961. The Labute approximate surface area is 250 Å². The molecule has 13 nitrogen and oxygen atoms in total. The van der Waals surface area contributed by atoms with Gasteiger partial charge in [0, 0.05) is 25.1 Å². The second-order valence-corrected chi connectivity index (χ2v) is 12.8. The van der Waals surface area contributed by atoms with Crippen LogP contribution in [0.2, 0.25) is 0 Å². The number of likely N-dealkylation sites (tertiary alicyclic amines) is 1. The molecule has 3 amide bonds. The van der Waals surface area contributed by atoms with E-state index in [9.17, 15) is 24.3 Å². The molecule has 5 atom stereocenters. The third-order valence-electron chi connectivity index (χ3n) is 8.65. The van der Waals surface area contributed by atoms with E-state index in [4.69, 9.17) is 4.74 Å². The van der Waals surface area contributed by atoms with Crippen molar-refractivity contribution in [1.82, 2.24) is 35.5 Å². The fraction of sp³-hybridized carbons (Fsp3) is 0.567.